The predicted octanol–water partition coefficient (Wildman–Crippen LogP) is 4.54. The minimum absolute atomic E-state index is 0.741. The molecule has 2 aromatic heterocycles. The zero-order valence-electron chi connectivity index (χ0n) is 14.4. The van der Waals surface area contributed by atoms with Crippen LogP contribution in [0.3, 0.4) is 0 Å². The number of hydrogen-bond donors (Lipinski definition) is 1. The van der Waals surface area contributed by atoms with Crippen LogP contribution in [-0.4, -0.2) is 21.6 Å². The first-order valence-electron chi connectivity index (χ1n) is 7.99. The van der Waals surface area contributed by atoms with Gasteiger partial charge in [-0.25, -0.2) is 9.97 Å². The zero-order valence-corrected chi connectivity index (χ0v) is 14.4. The lowest BCUT2D eigenvalue weighted by molar-refractivity contribution is 0.792. The third-order valence-corrected chi connectivity index (χ3v) is 3.89. The van der Waals surface area contributed by atoms with Crippen molar-refractivity contribution in [1.82, 2.24) is 14.5 Å². The second kappa shape index (κ2) is 6.71. The largest absolute Gasteiger partial charge is 0.373 e. The van der Waals surface area contributed by atoms with E-state index >= 15 is 0 Å². The molecule has 2 heterocycles. The molecular formula is C20H22N4. The molecule has 0 saturated heterocycles. The fourth-order valence-corrected chi connectivity index (χ4v) is 2.73. The summed E-state index contributed by atoms with van der Waals surface area (Å²) >= 11 is 0. The lowest BCUT2D eigenvalue weighted by Gasteiger charge is -2.12. The molecule has 0 spiro atoms. The monoisotopic (exact) mass is 318 g/mol. The van der Waals surface area contributed by atoms with Gasteiger partial charge in [-0.3, -0.25) is 0 Å². The van der Waals surface area contributed by atoms with Gasteiger partial charge in [0.1, 0.15) is 5.82 Å². The molecule has 4 nitrogen and oxygen atoms in total. The number of aromatic nitrogens is 3. The second-order valence-electron chi connectivity index (χ2n) is 6.07. The van der Waals surface area contributed by atoms with Crippen molar-refractivity contribution in [3.63, 3.8) is 0 Å². The van der Waals surface area contributed by atoms with Crippen LogP contribution in [0, 0.1) is 6.92 Å². The molecule has 0 aliphatic rings. The molecule has 0 fully saturated rings. The maximum atomic E-state index is 4.68. The second-order valence-corrected chi connectivity index (χ2v) is 6.07. The SMILES string of the molecule is C=C(C)Cn1cnc(-c2ccc(C)cc2)c1-c1ccnc(NC)c1. The van der Waals surface area contributed by atoms with Gasteiger partial charge in [-0.1, -0.05) is 42.0 Å². The first kappa shape index (κ1) is 16.0. The quantitative estimate of drug-likeness (QED) is 0.702. The van der Waals surface area contributed by atoms with Crippen LogP contribution in [0.4, 0.5) is 5.82 Å². The third-order valence-electron chi connectivity index (χ3n) is 3.89. The molecule has 0 aliphatic heterocycles. The number of rotatable bonds is 5. The fourth-order valence-electron chi connectivity index (χ4n) is 2.73. The minimum Gasteiger partial charge on any atom is -0.373 e. The minimum atomic E-state index is 0.741. The molecule has 1 N–H and O–H groups in total. The van der Waals surface area contributed by atoms with Gasteiger partial charge in [0.05, 0.1) is 17.7 Å². The van der Waals surface area contributed by atoms with E-state index < -0.39 is 0 Å². The number of benzene rings is 1. The molecular weight excluding hydrogens is 296 g/mol. The highest BCUT2D eigenvalue weighted by Gasteiger charge is 2.15. The molecule has 0 amide bonds. The molecule has 4 heteroatoms. The van der Waals surface area contributed by atoms with E-state index in [4.69, 9.17) is 0 Å². The summed E-state index contributed by atoms with van der Waals surface area (Å²) in [6.45, 7) is 8.90. The molecule has 0 atom stereocenters. The number of aryl methyl sites for hydroxylation is 1. The molecule has 0 saturated carbocycles. The Morgan fingerprint density at radius 2 is 1.88 bits per heavy atom. The van der Waals surface area contributed by atoms with Gasteiger partial charge >= 0.3 is 0 Å². The Morgan fingerprint density at radius 3 is 2.54 bits per heavy atom. The molecule has 0 aliphatic carbocycles. The zero-order chi connectivity index (χ0) is 17.1. The average molecular weight is 318 g/mol. The van der Waals surface area contributed by atoms with E-state index in [2.05, 4.69) is 57.6 Å². The van der Waals surface area contributed by atoms with Crippen molar-refractivity contribution in [2.45, 2.75) is 20.4 Å². The maximum absolute atomic E-state index is 4.68. The van der Waals surface area contributed by atoms with E-state index in [-0.39, 0.29) is 0 Å². The maximum Gasteiger partial charge on any atom is 0.126 e. The van der Waals surface area contributed by atoms with Gasteiger partial charge in [0.25, 0.3) is 0 Å². The molecule has 1 aromatic carbocycles. The third kappa shape index (κ3) is 3.23. The molecule has 3 rings (SSSR count). The Morgan fingerprint density at radius 1 is 1.12 bits per heavy atom. The van der Waals surface area contributed by atoms with Crippen LogP contribution >= 0.6 is 0 Å². The van der Waals surface area contributed by atoms with Crippen molar-refractivity contribution in [2.75, 3.05) is 12.4 Å². The smallest absolute Gasteiger partial charge is 0.126 e. The first-order valence-corrected chi connectivity index (χ1v) is 7.99. The number of allylic oxidation sites excluding steroid dienone is 1. The van der Waals surface area contributed by atoms with Gasteiger partial charge in [0.2, 0.25) is 0 Å². The summed E-state index contributed by atoms with van der Waals surface area (Å²) in [7, 11) is 1.87. The summed E-state index contributed by atoms with van der Waals surface area (Å²) in [5.74, 6) is 0.838. The Labute approximate surface area is 142 Å². The van der Waals surface area contributed by atoms with Gasteiger partial charge in [0, 0.05) is 30.9 Å². The van der Waals surface area contributed by atoms with Crippen molar-refractivity contribution >= 4 is 5.82 Å². The van der Waals surface area contributed by atoms with E-state index in [1.807, 2.05) is 38.6 Å². The number of pyridine rings is 1. The highest BCUT2D eigenvalue weighted by atomic mass is 15.1. The van der Waals surface area contributed by atoms with Crippen LogP contribution in [0.25, 0.3) is 22.5 Å². The van der Waals surface area contributed by atoms with Gasteiger partial charge in [0.15, 0.2) is 0 Å². The van der Waals surface area contributed by atoms with Crippen LogP contribution in [0.15, 0.2) is 61.1 Å². The van der Waals surface area contributed by atoms with Crippen molar-refractivity contribution in [3.05, 3.63) is 66.6 Å². The van der Waals surface area contributed by atoms with Crippen molar-refractivity contribution in [1.29, 1.82) is 0 Å². The number of nitrogens with one attached hydrogen (secondary N) is 1. The number of anilines is 1. The van der Waals surface area contributed by atoms with Gasteiger partial charge in [-0.2, -0.15) is 0 Å². The van der Waals surface area contributed by atoms with Crippen LogP contribution in [0.1, 0.15) is 12.5 Å². The average Bonchev–Trinajstić information content (AvgIpc) is 2.98. The van der Waals surface area contributed by atoms with Crippen LogP contribution in [-0.2, 0) is 6.54 Å². The summed E-state index contributed by atoms with van der Waals surface area (Å²) < 4.78 is 2.15. The van der Waals surface area contributed by atoms with Gasteiger partial charge in [-0.15, -0.1) is 0 Å². The molecule has 0 unspecified atom stereocenters. The number of hydrogen-bond acceptors (Lipinski definition) is 3. The Bertz CT molecular complexity index is 860. The highest BCUT2D eigenvalue weighted by Crippen LogP contribution is 2.32. The van der Waals surface area contributed by atoms with Crippen LogP contribution < -0.4 is 5.32 Å². The molecule has 0 radical (unpaired) electrons. The van der Waals surface area contributed by atoms with E-state index in [1.54, 1.807) is 0 Å². The molecule has 0 bridgehead atoms. The van der Waals surface area contributed by atoms with Crippen molar-refractivity contribution in [3.8, 4) is 22.5 Å². The summed E-state index contributed by atoms with van der Waals surface area (Å²) in [5.41, 5.74) is 6.59. The summed E-state index contributed by atoms with van der Waals surface area (Å²) in [4.78, 5) is 9.00. The molecule has 122 valence electrons. The van der Waals surface area contributed by atoms with E-state index in [0.29, 0.717) is 0 Å². The van der Waals surface area contributed by atoms with Gasteiger partial charge < -0.3 is 9.88 Å². The lowest BCUT2D eigenvalue weighted by Crippen LogP contribution is -2.01. The van der Waals surface area contributed by atoms with Crippen molar-refractivity contribution < 1.29 is 0 Å². The highest BCUT2D eigenvalue weighted by molar-refractivity contribution is 5.79. The van der Waals surface area contributed by atoms with Gasteiger partial charge in [-0.05, 0) is 26.0 Å². The Hall–Kier alpha value is -2.88. The van der Waals surface area contributed by atoms with Crippen LogP contribution in [0.2, 0.25) is 0 Å². The number of nitrogens with zero attached hydrogens (tertiary/aromatic N) is 3. The topological polar surface area (TPSA) is 42.7 Å². The molecule has 24 heavy (non-hydrogen) atoms. The normalized spacial score (nSPS) is 10.6. The van der Waals surface area contributed by atoms with Crippen molar-refractivity contribution in [2.24, 2.45) is 0 Å². The lowest BCUT2D eigenvalue weighted by atomic mass is 10.0. The summed E-state index contributed by atoms with van der Waals surface area (Å²) in [6, 6.07) is 12.5. The first-order chi connectivity index (χ1) is 11.6. The predicted molar refractivity (Wildman–Crippen MR) is 100.0 cm³/mol. The Kier molecular flexibility index (Phi) is 4.47. The molecule has 3 aromatic rings. The van der Waals surface area contributed by atoms with E-state index in [0.717, 1.165) is 40.5 Å². The van der Waals surface area contributed by atoms with E-state index in [1.165, 1.54) is 5.56 Å². The fraction of sp³-hybridized carbons (Fsp3) is 0.200. The van der Waals surface area contributed by atoms with E-state index in [9.17, 15) is 0 Å². The summed E-state index contributed by atoms with van der Waals surface area (Å²) in [6.07, 6.45) is 3.71. The Balaban J connectivity index is 2.17. The van der Waals surface area contributed by atoms with Crippen LogP contribution in [0.5, 0.6) is 0 Å². The standard InChI is InChI=1S/C20H22N4/c1-14(2)12-24-13-23-19(16-7-5-15(3)6-8-16)20(24)17-9-10-22-18(11-17)21-4/h5-11,13H,1,12H2,2-4H3,(H,21,22). The number of imidazole rings is 1. The summed E-state index contributed by atoms with van der Waals surface area (Å²) in [5, 5.41) is 3.10.